The number of hydrogen-bond acceptors (Lipinski definition) is 12. The molecule has 4 heterocycles. The molecule has 0 unspecified atom stereocenters. The molecule has 0 radical (unpaired) electrons. The number of hydrogen-bond donors (Lipinski definition) is 0. The molecule has 2 atom stereocenters. The smallest absolute Gasteiger partial charge is 0.261 e. The summed E-state index contributed by atoms with van der Waals surface area (Å²) in [5.74, 6) is 1.38. The van der Waals surface area contributed by atoms with Gasteiger partial charge in [0.2, 0.25) is 0 Å². The molecule has 4 aliphatic heterocycles. The minimum Gasteiger partial charge on any atom is -0.493 e. The number of fused-ring (bicyclic) bond motifs is 8. The van der Waals surface area contributed by atoms with E-state index in [2.05, 4.69) is 62.9 Å². The van der Waals surface area contributed by atoms with Gasteiger partial charge >= 0.3 is 0 Å². The van der Waals surface area contributed by atoms with Crippen LogP contribution in [0.2, 0.25) is 0 Å². The van der Waals surface area contributed by atoms with Crippen molar-refractivity contribution >= 4 is 64.4 Å². The predicted octanol–water partition coefficient (Wildman–Crippen LogP) is 10.1. The van der Waals surface area contributed by atoms with Crippen LogP contribution in [0.15, 0.2) is 101 Å². The average molecular weight is 966 g/mol. The number of ether oxygens (including phenoxy) is 6. The lowest BCUT2D eigenvalue weighted by molar-refractivity contribution is 0.0264. The topological polar surface area (TPSA) is 124 Å². The van der Waals surface area contributed by atoms with Crippen molar-refractivity contribution in [3.05, 3.63) is 130 Å². The zero-order chi connectivity index (χ0) is 48.9. The quantitative estimate of drug-likeness (QED) is 0.0657. The average Bonchev–Trinajstić information content (AvgIpc) is 3.84. The van der Waals surface area contributed by atoms with E-state index in [1.807, 2.05) is 89.4 Å². The Morgan fingerprint density at radius 2 is 1.23 bits per heavy atom. The fourth-order valence-electron chi connectivity index (χ4n) is 9.88. The monoisotopic (exact) mass is 965 g/mol. The number of rotatable bonds is 21. The Hall–Kier alpha value is -6.19. The van der Waals surface area contributed by atoms with Crippen LogP contribution < -0.4 is 28.9 Å². The molecule has 0 aromatic heterocycles. The van der Waals surface area contributed by atoms with E-state index in [1.54, 1.807) is 26.4 Å². The van der Waals surface area contributed by atoms with Crippen molar-refractivity contribution in [1.29, 1.82) is 0 Å². The third kappa shape index (κ3) is 10.8. The van der Waals surface area contributed by atoms with E-state index in [4.69, 9.17) is 38.4 Å². The third-order valence-corrected chi connectivity index (χ3v) is 14.1. The maximum Gasteiger partial charge on any atom is 0.261 e. The first-order valence-electron chi connectivity index (χ1n) is 24.1. The van der Waals surface area contributed by atoms with Crippen LogP contribution in [0, 0.1) is 6.92 Å². The summed E-state index contributed by atoms with van der Waals surface area (Å²) in [5.41, 5.74) is 9.91. The van der Waals surface area contributed by atoms with Crippen molar-refractivity contribution in [3.8, 4) is 17.2 Å². The van der Waals surface area contributed by atoms with Crippen molar-refractivity contribution in [2.24, 2.45) is 9.98 Å². The first kappa shape index (κ1) is 48.8. The van der Waals surface area contributed by atoms with Crippen LogP contribution >= 0.6 is 11.8 Å². The van der Waals surface area contributed by atoms with Crippen LogP contribution in [0.25, 0.3) is 0 Å². The Morgan fingerprint density at radius 3 is 1.81 bits per heavy atom. The Balaban J connectivity index is 0.999. The summed E-state index contributed by atoms with van der Waals surface area (Å²) in [4.78, 5) is 44.0. The second kappa shape index (κ2) is 21.4. The van der Waals surface area contributed by atoms with Gasteiger partial charge in [-0.1, -0.05) is 50.2 Å². The summed E-state index contributed by atoms with van der Waals surface area (Å²) < 4.78 is 36.0. The number of amides is 2. The van der Waals surface area contributed by atoms with E-state index in [-0.39, 0.29) is 41.9 Å². The summed E-state index contributed by atoms with van der Waals surface area (Å²) in [7, 11) is 3.24. The lowest BCUT2D eigenvalue weighted by atomic mass is 10.1. The van der Waals surface area contributed by atoms with Gasteiger partial charge in [-0.2, -0.15) is 11.8 Å². The van der Waals surface area contributed by atoms with E-state index in [0.29, 0.717) is 91.0 Å². The Morgan fingerprint density at radius 1 is 0.686 bits per heavy atom. The van der Waals surface area contributed by atoms with Crippen LogP contribution in [0.1, 0.15) is 76.2 Å². The molecule has 9 rings (SSSR count). The van der Waals surface area contributed by atoms with Crippen LogP contribution in [-0.4, -0.2) is 107 Å². The van der Waals surface area contributed by atoms with Gasteiger partial charge in [-0.05, 0) is 96.3 Å². The van der Waals surface area contributed by atoms with Gasteiger partial charge in [-0.3, -0.25) is 29.4 Å². The molecule has 0 spiro atoms. The number of aliphatic imine (C=N–C) groups is 2. The molecule has 4 aliphatic rings. The highest BCUT2D eigenvalue weighted by atomic mass is 32.2. The van der Waals surface area contributed by atoms with Crippen molar-refractivity contribution in [3.63, 3.8) is 0 Å². The molecule has 0 aliphatic carbocycles. The molecular formula is C56H63N5O8S. The molecule has 14 heteroatoms. The van der Waals surface area contributed by atoms with Crippen molar-refractivity contribution < 1.29 is 38.0 Å². The molecule has 366 valence electrons. The highest BCUT2D eigenvalue weighted by Gasteiger charge is 2.38. The highest BCUT2D eigenvalue weighted by molar-refractivity contribution is 8.01. The molecule has 0 bridgehead atoms. The number of methoxy groups -OCH3 is 2. The number of aryl methyl sites for hydroxylation is 1. The molecule has 0 saturated carbocycles. The zero-order valence-corrected chi connectivity index (χ0v) is 42.1. The number of thioether (sulfide) groups is 1. The number of carbonyl (C=O) groups is 2. The molecule has 0 fully saturated rings. The van der Waals surface area contributed by atoms with Crippen molar-refractivity contribution in [2.45, 2.75) is 82.8 Å². The second-order valence-electron chi connectivity index (χ2n) is 19.0. The number of nitrogens with zero attached hydrogens (tertiary/aromatic N) is 5. The van der Waals surface area contributed by atoms with Crippen LogP contribution in [0.3, 0.4) is 0 Å². The Labute approximate surface area is 415 Å². The van der Waals surface area contributed by atoms with Gasteiger partial charge in [0.05, 0.1) is 74.7 Å². The van der Waals surface area contributed by atoms with Crippen molar-refractivity contribution in [1.82, 2.24) is 0 Å². The number of anilines is 3. The number of para-hydroxylation sites is 2. The Kier molecular flexibility index (Phi) is 14.9. The fourth-order valence-corrected chi connectivity index (χ4v) is 11.4. The van der Waals surface area contributed by atoms with Gasteiger partial charge in [0.25, 0.3) is 11.8 Å². The van der Waals surface area contributed by atoms with Crippen LogP contribution in [-0.2, 0) is 40.3 Å². The maximum atomic E-state index is 14.2. The lowest BCUT2D eigenvalue weighted by Crippen LogP contribution is -2.39. The number of benzene rings is 5. The zero-order valence-electron chi connectivity index (χ0n) is 41.2. The molecule has 0 N–H and O–H groups in total. The predicted molar refractivity (Wildman–Crippen MR) is 280 cm³/mol. The fraction of sp³-hybridized carbons (Fsp3) is 0.393. The minimum absolute atomic E-state index is 0.0636. The second-order valence-corrected chi connectivity index (χ2v) is 21.3. The SMILES string of the molecule is COCCOCCOCCN(CC(C)(C)SC(C)C)c1cc(COc2cc3c(cc2C)C(=O)N2c4ccccc4C[C@H]2C=N3)cc(COc2cc3c(cc2OC)C(=O)N2c4ccccc4C[C@H]2C=N3)c1. The van der Waals surface area contributed by atoms with Crippen LogP contribution in [0.4, 0.5) is 28.4 Å². The van der Waals surface area contributed by atoms with Gasteiger partial charge in [0, 0.05) is 79.4 Å². The lowest BCUT2D eigenvalue weighted by Gasteiger charge is -2.35. The van der Waals surface area contributed by atoms with Gasteiger partial charge in [0.1, 0.15) is 19.0 Å². The van der Waals surface area contributed by atoms with Gasteiger partial charge in [-0.25, -0.2) is 0 Å². The number of carbonyl (C=O) groups excluding carboxylic acids is 2. The molecule has 5 aromatic carbocycles. The van der Waals surface area contributed by atoms with E-state index in [0.717, 1.165) is 57.8 Å². The Bertz CT molecular complexity index is 2790. The van der Waals surface area contributed by atoms with E-state index in [1.165, 1.54) is 0 Å². The van der Waals surface area contributed by atoms with E-state index < -0.39 is 0 Å². The summed E-state index contributed by atoms with van der Waals surface area (Å²) in [6.45, 7) is 15.3. The van der Waals surface area contributed by atoms with E-state index >= 15 is 0 Å². The molecule has 2 amide bonds. The molecule has 70 heavy (non-hydrogen) atoms. The van der Waals surface area contributed by atoms with Gasteiger partial charge in [0.15, 0.2) is 11.5 Å². The third-order valence-electron chi connectivity index (χ3n) is 12.9. The summed E-state index contributed by atoms with van der Waals surface area (Å²) in [5, 5.41) is 0.431. The molecule has 5 aromatic rings. The first-order chi connectivity index (χ1) is 33.9. The largest absolute Gasteiger partial charge is 0.493 e. The molecular weight excluding hydrogens is 903 g/mol. The summed E-state index contributed by atoms with van der Waals surface area (Å²) in [6, 6.07) is 29.5. The highest BCUT2D eigenvalue weighted by Crippen LogP contribution is 2.42. The minimum atomic E-state index is -0.178. The maximum absolute atomic E-state index is 14.2. The van der Waals surface area contributed by atoms with E-state index in [9.17, 15) is 9.59 Å². The standard InChI is InChI=1S/C56H63N5O8S/c1-36(2)70-56(4,5)35-59(16-17-66-20-21-67-19-18-64-6)42-24-38(33-68-51-29-47-45(22-37(51)3)54(62)60-43(31-57-47)26-40-12-8-10-14-49(40)60)23-39(25-42)34-69-53-30-48-46(28-52(53)65-7)55(63)61-44(32-58-48)27-41-13-9-11-15-50(41)61/h8-15,22-25,28-32,36,43-44H,16-21,26-27,33-35H2,1-7H3/t43-,44-/m0/s1. The molecule has 0 saturated heterocycles. The van der Waals surface area contributed by atoms with Gasteiger partial charge < -0.3 is 33.3 Å². The van der Waals surface area contributed by atoms with Crippen molar-refractivity contribution in [2.75, 3.05) is 75.0 Å². The summed E-state index contributed by atoms with van der Waals surface area (Å²) >= 11 is 1.94. The van der Waals surface area contributed by atoms with Gasteiger partial charge in [-0.15, -0.1) is 0 Å². The first-order valence-corrected chi connectivity index (χ1v) is 25.0. The van der Waals surface area contributed by atoms with Crippen LogP contribution in [0.5, 0.6) is 17.2 Å². The summed E-state index contributed by atoms with van der Waals surface area (Å²) in [6.07, 6.45) is 5.18. The molecule has 13 nitrogen and oxygen atoms in total. The normalized spacial score (nSPS) is 16.6.